The van der Waals surface area contributed by atoms with E-state index >= 15 is 0 Å². The Hall–Kier alpha value is -4.24. The van der Waals surface area contributed by atoms with Gasteiger partial charge < -0.3 is 4.74 Å². The Morgan fingerprint density at radius 3 is 2.69 bits per heavy atom. The molecule has 0 atom stereocenters. The van der Waals surface area contributed by atoms with Gasteiger partial charge in [-0.25, -0.2) is 0 Å². The van der Waals surface area contributed by atoms with Gasteiger partial charge in [-0.2, -0.15) is 15.0 Å². The number of pyridine rings is 1. The number of nitrogens with zero attached hydrogens (tertiary/aromatic N) is 4. The molecular formula is C23H14N4O2. The van der Waals surface area contributed by atoms with Crippen molar-refractivity contribution in [3.8, 4) is 39.9 Å². The van der Waals surface area contributed by atoms with E-state index in [-0.39, 0.29) is 12.2 Å². The SMILES string of the molecule is N#Cc1ccccc1-n1nc2c(c(-c3cccnc3)c1=O)COc1ccccc1-2. The lowest BCUT2D eigenvalue weighted by Crippen LogP contribution is -2.28. The molecule has 29 heavy (non-hydrogen) atoms. The molecule has 0 amide bonds. The van der Waals surface area contributed by atoms with Crippen LogP contribution in [0.3, 0.4) is 0 Å². The summed E-state index contributed by atoms with van der Waals surface area (Å²) in [6.45, 7) is 0.236. The van der Waals surface area contributed by atoms with Crippen molar-refractivity contribution < 1.29 is 4.74 Å². The van der Waals surface area contributed by atoms with Crippen molar-refractivity contribution in [2.75, 3.05) is 0 Å². The fraction of sp³-hybridized carbons (Fsp3) is 0.0435. The Bertz CT molecular complexity index is 1340. The Kier molecular flexibility index (Phi) is 3.92. The quantitative estimate of drug-likeness (QED) is 0.531. The summed E-state index contributed by atoms with van der Waals surface area (Å²) in [5.74, 6) is 0.711. The average Bonchev–Trinajstić information content (AvgIpc) is 2.79. The monoisotopic (exact) mass is 378 g/mol. The second kappa shape index (κ2) is 6.73. The van der Waals surface area contributed by atoms with E-state index in [0.717, 1.165) is 5.56 Å². The highest BCUT2D eigenvalue weighted by atomic mass is 16.5. The third-order valence-electron chi connectivity index (χ3n) is 4.91. The Labute approximate surface area is 166 Å². The van der Waals surface area contributed by atoms with Crippen LogP contribution in [0, 0.1) is 11.3 Å². The first kappa shape index (κ1) is 16.9. The molecule has 2 aromatic carbocycles. The third kappa shape index (κ3) is 2.68. The largest absolute Gasteiger partial charge is 0.488 e. The van der Waals surface area contributed by atoms with Crippen LogP contribution >= 0.6 is 0 Å². The van der Waals surface area contributed by atoms with Crippen molar-refractivity contribution >= 4 is 0 Å². The summed E-state index contributed by atoms with van der Waals surface area (Å²) in [4.78, 5) is 17.7. The van der Waals surface area contributed by atoms with Gasteiger partial charge >= 0.3 is 0 Å². The minimum atomic E-state index is -0.317. The van der Waals surface area contributed by atoms with Crippen LogP contribution in [0.5, 0.6) is 5.75 Å². The van der Waals surface area contributed by atoms with Crippen LogP contribution < -0.4 is 10.3 Å². The molecule has 0 aliphatic carbocycles. The van der Waals surface area contributed by atoms with Crippen molar-refractivity contribution in [2.24, 2.45) is 0 Å². The summed E-state index contributed by atoms with van der Waals surface area (Å²) in [5.41, 5.74) is 3.85. The first-order chi connectivity index (χ1) is 14.3. The number of para-hydroxylation sites is 2. The molecule has 2 aromatic heterocycles. The molecule has 0 spiro atoms. The molecule has 1 aliphatic rings. The molecule has 0 saturated carbocycles. The molecular weight excluding hydrogens is 364 g/mol. The molecule has 0 radical (unpaired) electrons. The molecule has 3 heterocycles. The summed E-state index contributed by atoms with van der Waals surface area (Å²) in [5, 5.41) is 14.2. The molecule has 0 fully saturated rings. The Morgan fingerprint density at radius 2 is 1.86 bits per heavy atom. The summed E-state index contributed by atoms with van der Waals surface area (Å²) < 4.78 is 7.20. The highest BCUT2D eigenvalue weighted by Crippen LogP contribution is 2.38. The maximum atomic E-state index is 13.5. The van der Waals surface area contributed by atoms with Gasteiger partial charge in [-0.15, -0.1) is 0 Å². The molecule has 0 unspecified atom stereocenters. The van der Waals surface area contributed by atoms with Crippen molar-refractivity contribution in [2.45, 2.75) is 6.61 Å². The van der Waals surface area contributed by atoms with Crippen LogP contribution in [0.1, 0.15) is 11.1 Å². The fourth-order valence-electron chi connectivity index (χ4n) is 3.58. The predicted octanol–water partition coefficient (Wildman–Crippen LogP) is 3.73. The van der Waals surface area contributed by atoms with E-state index < -0.39 is 0 Å². The summed E-state index contributed by atoms with van der Waals surface area (Å²) >= 11 is 0. The summed E-state index contributed by atoms with van der Waals surface area (Å²) in [6, 6.07) is 20.3. The molecule has 0 saturated heterocycles. The average molecular weight is 378 g/mol. The van der Waals surface area contributed by atoms with Gasteiger partial charge in [-0.1, -0.05) is 30.3 Å². The van der Waals surface area contributed by atoms with Crippen LogP contribution in [0.4, 0.5) is 0 Å². The molecule has 0 bridgehead atoms. The van der Waals surface area contributed by atoms with Gasteiger partial charge in [0.2, 0.25) is 0 Å². The summed E-state index contributed by atoms with van der Waals surface area (Å²) in [6.07, 6.45) is 3.31. The minimum absolute atomic E-state index is 0.236. The molecule has 1 aliphatic heterocycles. The van der Waals surface area contributed by atoms with E-state index in [1.54, 1.807) is 42.7 Å². The zero-order valence-electron chi connectivity index (χ0n) is 15.2. The van der Waals surface area contributed by atoms with E-state index in [0.29, 0.717) is 39.4 Å². The first-order valence-corrected chi connectivity index (χ1v) is 9.06. The van der Waals surface area contributed by atoms with Crippen LogP contribution in [-0.4, -0.2) is 14.8 Å². The zero-order valence-corrected chi connectivity index (χ0v) is 15.2. The van der Waals surface area contributed by atoms with Crippen molar-refractivity contribution in [3.05, 3.63) is 94.5 Å². The first-order valence-electron chi connectivity index (χ1n) is 9.06. The second-order valence-corrected chi connectivity index (χ2v) is 6.57. The number of benzene rings is 2. The van der Waals surface area contributed by atoms with E-state index in [1.165, 1.54) is 4.68 Å². The van der Waals surface area contributed by atoms with Gasteiger partial charge in [0.1, 0.15) is 24.1 Å². The Morgan fingerprint density at radius 1 is 1.03 bits per heavy atom. The lowest BCUT2D eigenvalue weighted by atomic mass is 9.96. The zero-order chi connectivity index (χ0) is 19.8. The van der Waals surface area contributed by atoms with E-state index in [9.17, 15) is 10.1 Å². The van der Waals surface area contributed by atoms with Gasteiger partial charge in [0, 0.05) is 29.1 Å². The standard InChI is InChI=1S/C23H14N4O2/c24-12-15-6-1-3-9-19(15)27-23(28)21(16-7-5-11-25-13-16)18-14-29-20-10-4-2-8-17(20)22(18)26-27/h1-11,13H,14H2. The van der Waals surface area contributed by atoms with Crippen molar-refractivity contribution in [1.29, 1.82) is 5.26 Å². The smallest absolute Gasteiger partial charge is 0.279 e. The van der Waals surface area contributed by atoms with Crippen LogP contribution in [0.2, 0.25) is 0 Å². The molecule has 0 N–H and O–H groups in total. The van der Waals surface area contributed by atoms with Gasteiger partial charge in [0.15, 0.2) is 0 Å². The maximum absolute atomic E-state index is 13.5. The van der Waals surface area contributed by atoms with E-state index in [4.69, 9.17) is 4.74 Å². The highest BCUT2D eigenvalue weighted by Gasteiger charge is 2.26. The molecule has 5 rings (SSSR count). The minimum Gasteiger partial charge on any atom is -0.488 e. The number of rotatable bonds is 2. The van der Waals surface area contributed by atoms with Gasteiger partial charge in [0.25, 0.3) is 5.56 Å². The Balaban J connectivity index is 1.90. The number of nitriles is 1. The molecule has 4 aromatic rings. The van der Waals surface area contributed by atoms with Gasteiger partial charge in [0.05, 0.1) is 16.8 Å². The lowest BCUT2D eigenvalue weighted by molar-refractivity contribution is 0.301. The van der Waals surface area contributed by atoms with Crippen LogP contribution in [-0.2, 0) is 6.61 Å². The molecule has 6 nitrogen and oxygen atoms in total. The molecule has 138 valence electrons. The van der Waals surface area contributed by atoms with E-state index in [1.807, 2.05) is 30.3 Å². The van der Waals surface area contributed by atoms with Crippen LogP contribution in [0.15, 0.2) is 77.9 Å². The van der Waals surface area contributed by atoms with Gasteiger partial charge in [-0.05, 0) is 30.3 Å². The predicted molar refractivity (Wildman–Crippen MR) is 108 cm³/mol. The van der Waals surface area contributed by atoms with Crippen LogP contribution in [0.25, 0.3) is 28.1 Å². The number of hydrogen-bond acceptors (Lipinski definition) is 5. The number of hydrogen-bond donors (Lipinski definition) is 0. The summed E-state index contributed by atoms with van der Waals surface area (Å²) in [7, 11) is 0. The second-order valence-electron chi connectivity index (χ2n) is 6.57. The third-order valence-corrected chi connectivity index (χ3v) is 4.91. The maximum Gasteiger partial charge on any atom is 0.279 e. The normalized spacial score (nSPS) is 11.7. The topological polar surface area (TPSA) is 80.8 Å². The lowest BCUT2D eigenvalue weighted by Gasteiger charge is -2.23. The number of fused-ring (bicyclic) bond motifs is 3. The highest BCUT2D eigenvalue weighted by molar-refractivity contribution is 5.79. The van der Waals surface area contributed by atoms with Gasteiger partial charge in [-0.3, -0.25) is 9.78 Å². The molecule has 6 heteroatoms. The number of ether oxygens (including phenoxy) is 1. The van der Waals surface area contributed by atoms with E-state index in [2.05, 4.69) is 16.2 Å². The fourth-order valence-corrected chi connectivity index (χ4v) is 3.58. The van der Waals surface area contributed by atoms with Crippen molar-refractivity contribution in [1.82, 2.24) is 14.8 Å². The van der Waals surface area contributed by atoms with Crippen molar-refractivity contribution in [3.63, 3.8) is 0 Å². The number of aromatic nitrogens is 3.